The lowest BCUT2D eigenvalue weighted by atomic mass is 9.92. The van der Waals surface area contributed by atoms with E-state index in [1.54, 1.807) is 0 Å². The van der Waals surface area contributed by atoms with Crippen molar-refractivity contribution in [3.8, 4) is 0 Å². The van der Waals surface area contributed by atoms with Gasteiger partial charge in [0, 0.05) is 25.6 Å². The van der Waals surface area contributed by atoms with E-state index in [4.69, 9.17) is 0 Å². The van der Waals surface area contributed by atoms with Gasteiger partial charge in [0.25, 0.3) is 0 Å². The zero-order chi connectivity index (χ0) is 14.8. The lowest BCUT2D eigenvalue weighted by Gasteiger charge is -2.34. The van der Waals surface area contributed by atoms with Crippen LogP contribution in [0, 0.1) is 12.8 Å². The second-order valence-corrected chi connectivity index (χ2v) is 6.18. The molecule has 1 atom stereocenters. The highest BCUT2D eigenvalue weighted by Gasteiger charge is 2.39. The fourth-order valence-electron chi connectivity index (χ4n) is 3.09. The summed E-state index contributed by atoms with van der Waals surface area (Å²) >= 11 is 0. The number of likely N-dealkylation sites (tertiary alicyclic amines) is 1. The second kappa shape index (κ2) is 5.88. The monoisotopic (exact) mass is 286 g/mol. The molecule has 1 N–H and O–H groups in total. The van der Waals surface area contributed by atoms with Gasteiger partial charge in [0.2, 0.25) is 11.8 Å². The Labute approximate surface area is 125 Å². The molecule has 0 spiro atoms. The van der Waals surface area contributed by atoms with Crippen LogP contribution in [0.3, 0.4) is 0 Å². The summed E-state index contributed by atoms with van der Waals surface area (Å²) in [5.41, 5.74) is 2.31. The Balaban J connectivity index is 1.54. The summed E-state index contributed by atoms with van der Waals surface area (Å²) in [6.45, 7) is 3.18. The van der Waals surface area contributed by atoms with Crippen LogP contribution >= 0.6 is 0 Å². The van der Waals surface area contributed by atoms with Crippen molar-refractivity contribution < 1.29 is 9.59 Å². The van der Waals surface area contributed by atoms with Gasteiger partial charge in [-0.2, -0.15) is 0 Å². The fourth-order valence-corrected chi connectivity index (χ4v) is 3.09. The van der Waals surface area contributed by atoms with E-state index >= 15 is 0 Å². The van der Waals surface area contributed by atoms with Crippen molar-refractivity contribution in [2.45, 2.75) is 45.2 Å². The molecule has 2 amide bonds. The third-order valence-electron chi connectivity index (χ3n) is 4.76. The molecule has 0 aromatic heterocycles. The summed E-state index contributed by atoms with van der Waals surface area (Å²) < 4.78 is 0. The number of carbonyl (C=O) groups excluding carboxylic acids is 2. The first kappa shape index (κ1) is 14.1. The number of rotatable bonds is 4. The summed E-state index contributed by atoms with van der Waals surface area (Å²) in [6, 6.07) is 8.43. The van der Waals surface area contributed by atoms with E-state index in [-0.39, 0.29) is 17.7 Å². The van der Waals surface area contributed by atoms with Gasteiger partial charge in [-0.15, -0.1) is 0 Å². The van der Waals surface area contributed by atoms with Crippen LogP contribution in [0.15, 0.2) is 24.3 Å². The van der Waals surface area contributed by atoms with Crippen LogP contribution in [-0.2, 0) is 16.1 Å². The van der Waals surface area contributed by atoms with Crippen LogP contribution in [-0.4, -0.2) is 29.3 Å². The summed E-state index contributed by atoms with van der Waals surface area (Å²) in [7, 11) is 0. The number of carbonyl (C=O) groups is 2. The largest absolute Gasteiger partial charge is 0.352 e. The first-order valence-electron chi connectivity index (χ1n) is 7.77. The molecule has 1 aromatic carbocycles. The van der Waals surface area contributed by atoms with Gasteiger partial charge < -0.3 is 10.2 Å². The molecule has 21 heavy (non-hydrogen) atoms. The fraction of sp³-hybridized carbons (Fsp3) is 0.529. The molecule has 1 aromatic rings. The first-order valence-corrected chi connectivity index (χ1v) is 7.77. The number of nitrogens with one attached hydrogen (secondary N) is 1. The molecular formula is C17H22N2O2. The highest BCUT2D eigenvalue weighted by molar-refractivity contribution is 5.89. The Morgan fingerprint density at radius 2 is 2.10 bits per heavy atom. The molecule has 1 heterocycles. The Morgan fingerprint density at radius 3 is 2.76 bits per heavy atom. The van der Waals surface area contributed by atoms with Crippen molar-refractivity contribution in [3.05, 3.63) is 35.4 Å². The van der Waals surface area contributed by atoms with Crippen LogP contribution in [0.25, 0.3) is 0 Å². The second-order valence-electron chi connectivity index (χ2n) is 6.18. The summed E-state index contributed by atoms with van der Waals surface area (Å²) in [6.07, 6.45) is 3.78. The molecular weight excluding hydrogens is 264 g/mol. The van der Waals surface area contributed by atoms with Gasteiger partial charge in [-0.1, -0.05) is 24.3 Å². The third kappa shape index (κ3) is 2.94. The Kier molecular flexibility index (Phi) is 3.95. The van der Waals surface area contributed by atoms with Gasteiger partial charge in [-0.05, 0) is 37.3 Å². The zero-order valence-electron chi connectivity index (χ0n) is 12.5. The molecule has 1 saturated carbocycles. The van der Waals surface area contributed by atoms with E-state index in [2.05, 4.69) is 5.32 Å². The van der Waals surface area contributed by atoms with Crippen molar-refractivity contribution in [2.24, 2.45) is 5.92 Å². The zero-order valence-corrected chi connectivity index (χ0v) is 12.5. The Hall–Kier alpha value is -1.84. The maximum absolute atomic E-state index is 12.3. The number of aryl methyl sites for hydroxylation is 1. The minimum absolute atomic E-state index is 0.00780. The number of amides is 2. The molecule has 1 aliphatic heterocycles. The van der Waals surface area contributed by atoms with Gasteiger partial charge in [0.05, 0.1) is 5.92 Å². The van der Waals surface area contributed by atoms with Gasteiger partial charge in [-0.25, -0.2) is 0 Å². The van der Waals surface area contributed by atoms with E-state index in [1.807, 2.05) is 36.1 Å². The van der Waals surface area contributed by atoms with Gasteiger partial charge in [0.1, 0.15) is 0 Å². The Morgan fingerprint density at radius 1 is 1.33 bits per heavy atom. The van der Waals surface area contributed by atoms with E-state index in [0.717, 1.165) is 18.4 Å². The molecule has 0 radical (unpaired) electrons. The number of benzene rings is 1. The quantitative estimate of drug-likeness (QED) is 0.920. The van der Waals surface area contributed by atoms with Crippen LogP contribution in [0.5, 0.6) is 0 Å². The Bertz CT molecular complexity index is 551. The maximum atomic E-state index is 12.3. The first-order chi connectivity index (χ1) is 10.1. The van der Waals surface area contributed by atoms with E-state index < -0.39 is 0 Å². The van der Waals surface area contributed by atoms with Crippen molar-refractivity contribution in [3.63, 3.8) is 0 Å². The summed E-state index contributed by atoms with van der Waals surface area (Å²) in [5.74, 6) is -0.0220. The van der Waals surface area contributed by atoms with Crippen molar-refractivity contribution >= 4 is 11.8 Å². The molecule has 1 unspecified atom stereocenters. The van der Waals surface area contributed by atoms with E-state index in [0.29, 0.717) is 25.6 Å². The molecule has 0 bridgehead atoms. The van der Waals surface area contributed by atoms with Crippen molar-refractivity contribution in [1.29, 1.82) is 0 Å². The lowest BCUT2D eigenvalue weighted by Crippen LogP contribution is -2.42. The minimum Gasteiger partial charge on any atom is -0.352 e. The van der Waals surface area contributed by atoms with Crippen molar-refractivity contribution in [2.75, 3.05) is 6.54 Å². The van der Waals surface area contributed by atoms with Crippen LogP contribution in [0.4, 0.5) is 0 Å². The van der Waals surface area contributed by atoms with Crippen LogP contribution in [0.1, 0.15) is 36.8 Å². The molecule has 4 nitrogen and oxygen atoms in total. The predicted molar refractivity (Wildman–Crippen MR) is 80.5 cm³/mol. The smallest absolute Gasteiger partial charge is 0.225 e. The number of hydrogen-bond acceptors (Lipinski definition) is 2. The SMILES string of the molecule is Cc1ccccc1CNC(=O)C1CC(=O)N(C2CCC2)C1. The van der Waals surface area contributed by atoms with Crippen molar-refractivity contribution in [1.82, 2.24) is 10.2 Å². The maximum Gasteiger partial charge on any atom is 0.225 e. The molecule has 3 rings (SSSR count). The average molecular weight is 286 g/mol. The highest BCUT2D eigenvalue weighted by atomic mass is 16.2. The summed E-state index contributed by atoms with van der Waals surface area (Å²) in [5, 5.41) is 2.98. The molecule has 4 heteroatoms. The molecule has 2 fully saturated rings. The minimum atomic E-state index is -0.179. The average Bonchev–Trinajstić information content (AvgIpc) is 2.78. The molecule has 112 valence electrons. The van der Waals surface area contributed by atoms with E-state index in [9.17, 15) is 9.59 Å². The third-order valence-corrected chi connectivity index (χ3v) is 4.76. The van der Waals surface area contributed by atoms with Gasteiger partial charge >= 0.3 is 0 Å². The summed E-state index contributed by atoms with van der Waals surface area (Å²) in [4.78, 5) is 26.2. The van der Waals surface area contributed by atoms with E-state index in [1.165, 1.54) is 12.0 Å². The van der Waals surface area contributed by atoms with Gasteiger partial charge in [0.15, 0.2) is 0 Å². The number of hydrogen-bond donors (Lipinski definition) is 1. The predicted octanol–water partition coefficient (Wildman–Crippen LogP) is 2.01. The molecule has 1 aliphatic carbocycles. The van der Waals surface area contributed by atoms with Gasteiger partial charge in [-0.3, -0.25) is 9.59 Å². The highest BCUT2D eigenvalue weighted by Crippen LogP contribution is 2.30. The number of nitrogens with zero attached hydrogens (tertiary/aromatic N) is 1. The molecule has 2 aliphatic rings. The van der Waals surface area contributed by atoms with Crippen LogP contribution < -0.4 is 5.32 Å². The normalized spacial score (nSPS) is 22.2. The van der Waals surface area contributed by atoms with Crippen LogP contribution in [0.2, 0.25) is 0 Å². The topological polar surface area (TPSA) is 49.4 Å². The standard InChI is InChI=1S/C17H22N2O2/c1-12-5-2-3-6-13(12)10-18-17(21)14-9-16(20)19(11-14)15-7-4-8-15/h2-3,5-6,14-15H,4,7-11H2,1H3,(H,18,21). The lowest BCUT2D eigenvalue weighted by molar-refractivity contribution is -0.131. The molecule has 1 saturated heterocycles.